The number of carbonyl (C=O) groups excluding carboxylic acids is 2. The van der Waals surface area contributed by atoms with Crippen LogP contribution in [-0.2, 0) is 19.6 Å². The lowest BCUT2D eigenvalue weighted by Gasteiger charge is -2.12. The number of hydrogen-bond donors (Lipinski definition) is 2. The minimum absolute atomic E-state index is 0.00840. The molecule has 1 aromatic rings. The Morgan fingerprint density at radius 1 is 1.32 bits per heavy atom. The Morgan fingerprint density at radius 2 is 1.95 bits per heavy atom. The fourth-order valence-electron chi connectivity index (χ4n) is 2.32. The molecule has 7 nitrogen and oxygen atoms in total. The third-order valence-electron chi connectivity index (χ3n) is 3.47. The molecule has 1 unspecified atom stereocenters. The van der Waals surface area contributed by atoms with Gasteiger partial charge in [0.2, 0.25) is 21.8 Å². The largest absolute Gasteiger partial charge is 0.345 e. The minimum atomic E-state index is -3.62. The molecule has 22 heavy (non-hydrogen) atoms. The lowest BCUT2D eigenvalue weighted by atomic mass is 10.1. The van der Waals surface area contributed by atoms with Gasteiger partial charge in [-0.2, -0.15) is 0 Å². The molecule has 1 aliphatic rings. The number of likely N-dealkylation sites (tertiary alicyclic amines) is 1. The Balaban J connectivity index is 1.98. The van der Waals surface area contributed by atoms with Crippen molar-refractivity contribution < 1.29 is 18.0 Å². The number of amides is 2. The van der Waals surface area contributed by atoms with E-state index in [1.165, 1.54) is 31.2 Å². The van der Waals surface area contributed by atoms with Crippen LogP contribution in [0.5, 0.6) is 0 Å². The number of nitrogens with zero attached hydrogens (tertiary/aromatic N) is 1. The highest BCUT2D eigenvalue weighted by Gasteiger charge is 2.28. The number of benzene rings is 1. The zero-order valence-electron chi connectivity index (χ0n) is 12.5. The van der Waals surface area contributed by atoms with E-state index < -0.39 is 10.0 Å². The molecule has 2 amide bonds. The Bertz CT molecular complexity index is 670. The third kappa shape index (κ3) is 4.05. The van der Waals surface area contributed by atoms with Gasteiger partial charge in [-0.05, 0) is 30.2 Å². The normalized spacial score (nSPS) is 18.5. The van der Waals surface area contributed by atoms with Gasteiger partial charge in [0.05, 0.1) is 4.90 Å². The first kappa shape index (κ1) is 16.4. The lowest BCUT2D eigenvalue weighted by Crippen LogP contribution is -2.30. The Morgan fingerprint density at radius 3 is 2.45 bits per heavy atom. The van der Waals surface area contributed by atoms with Gasteiger partial charge < -0.3 is 10.2 Å². The zero-order valence-corrected chi connectivity index (χ0v) is 13.3. The highest BCUT2D eigenvalue weighted by atomic mass is 32.2. The van der Waals surface area contributed by atoms with Crippen molar-refractivity contribution in [2.45, 2.75) is 18.2 Å². The molecule has 2 N–H and O–H groups in total. The topological polar surface area (TPSA) is 95.6 Å². The molecule has 1 aliphatic heterocycles. The second kappa shape index (κ2) is 6.45. The van der Waals surface area contributed by atoms with E-state index in [9.17, 15) is 18.0 Å². The van der Waals surface area contributed by atoms with E-state index in [1.807, 2.05) is 0 Å². The predicted molar refractivity (Wildman–Crippen MR) is 81.7 cm³/mol. The van der Waals surface area contributed by atoms with Crippen LogP contribution in [-0.4, -0.2) is 45.3 Å². The molecule has 1 fully saturated rings. The first-order valence-electron chi connectivity index (χ1n) is 6.89. The molecule has 0 spiro atoms. The summed E-state index contributed by atoms with van der Waals surface area (Å²) in [6.45, 7) is 2.17. The second-order valence-corrected chi connectivity index (χ2v) is 7.17. The fraction of sp³-hybridized carbons (Fsp3) is 0.429. The Kier molecular flexibility index (Phi) is 4.82. The second-order valence-electron chi connectivity index (χ2n) is 5.40. The SMILES string of the molecule is CC(=O)Nc1ccc(S(=O)(=O)NCC2CC(=O)N(C)C2)cc1. The van der Waals surface area contributed by atoms with Crippen molar-refractivity contribution in [1.29, 1.82) is 0 Å². The lowest BCUT2D eigenvalue weighted by molar-refractivity contribution is -0.126. The molecule has 0 aromatic heterocycles. The van der Waals surface area contributed by atoms with Crippen LogP contribution in [0.25, 0.3) is 0 Å². The van der Waals surface area contributed by atoms with Gasteiger partial charge in [0.25, 0.3) is 0 Å². The molecular weight excluding hydrogens is 306 g/mol. The molecule has 0 bridgehead atoms. The molecule has 1 saturated heterocycles. The number of rotatable bonds is 5. The number of nitrogens with one attached hydrogen (secondary N) is 2. The van der Waals surface area contributed by atoms with Crippen LogP contribution in [0.2, 0.25) is 0 Å². The average molecular weight is 325 g/mol. The van der Waals surface area contributed by atoms with E-state index in [-0.39, 0.29) is 29.2 Å². The fourth-order valence-corrected chi connectivity index (χ4v) is 3.44. The van der Waals surface area contributed by atoms with Crippen molar-refractivity contribution in [1.82, 2.24) is 9.62 Å². The first-order valence-corrected chi connectivity index (χ1v) is 8.37. The maximum atomic E-state index is 12.2. The molecule has 120 valence electrons. The van der Waals surface area contributed by atoms with Crippen LogP contribution in [0.1, 0.15) is 13.3 Å². The summed E-state index contributed by atoms with van der Waals surface area (Å²) in [7, 11) is -1.91. The third-order valence-corrected chi connectivity index (χ3v) is 4.91. The molecule has 1 aromatic carbocycles. The summed E-state index contributed by atoms with van der Waals surface area (Å²) in [6, 6.07) is 5.92. The van der Waals surface area contributed by atoms with Gasteiger partial charge >= 0.3 is 0 Å². The van der Waals surface area contributed by atoms with Crippen molar-refractivity contribution in [3.05, 3.63) is 24.3 Å². The number of anilines is 1. The summed E-state index contributed by atoms with van der Waals surface area (Å²) in [6.07, 6.45) is 0.362. The summed E-state index contributed by atoms with van der Waals surface area (Å²) in [5.74, 6) is -0.196. The summed E-state index contributed by atoms with van der Waals surface area (Å²) < 4.78 is 26.9. The molecule has 0 radical (unpaired) electrons. The number of hydrogen-bond acceptors (Lipinski definition) is 4. The van der Waals surface area contributed by atoms with E-state index in [0.29, 0.717) is 18.7 Å². The van der Waals surface area contributed by atoms with E-state index >= 15 is 0 Å². The van der Waals surface area contributed by atoms with Gasteiger partial charge in [-0.25, -0.2) is 13.1 Å². The van der Waals surface area contributed by atoms with Crippen molar-refractivity contribution in [2.24, 2.45) is 5.92 Å². The average Bonchev–Trinajstić information content (AvgIpc) is 2.76. The summed E-state index contributed by atoms with van der Waals surface area (Å²) in [5.41, 5.74) is 0.537. The maximum absolute atomic E-state index is 12.2. The van der Waals surface area contributed by atoms with Gasteiger partial charge in [0.15, 0.2) is 0 Å². The van der Waals surface area contributed by atoms with Crippen molar-refractivity contribution in [3.8, 4) is 0 Å². The molecule has 1 heterocycles. The van der Waals surface area contributed by atoms with Crippen LogP contribution in [0.15, 0.2) is 29.2 Å². The molecular formula is C14H19N3O4S. The van der Waals surface area contributed by atoms with E-state index in [1.54, 1.807) is 11.9 Å². The van der Waals surface area contributed by atoms with Crippen molar-refractivity contribution >= 4 is 27.5 Å². The molecule has 1 atom stereocenters. The highest BCUT2D eigenvalue weighted by Crippen LogP contribution is 2.17. The quantitative estimate of drug-likeness (QED) is 0.819. The number of carbonyl (C=O) groups is 2. The monoisotopic (exact) mass is 325 g/mol. The van der Waals surface area contributed by atoms with Gasteiger partial charge in [-0.15, -0.1) is 0 Å². The summed E-state index contributed by atoms with van der Waals surface area (Å²) in [4.78, 5) is 24.1. The van der Waals surface area contributed by atoms with Gasteiger partial charge in [-0.1, -0.05) is 0 Å². The predicted octanol–water partition coefficient (Wildman–Crippen LogP) is 0.402. The standard InChI is InChI=1S/C14H19N3O4S/c1-10(18)16-12-3-5-13(6-4-12)22(20,21)15-8-11-7-14(19)17(2)9-11/h3-6,11,15H,7-9H2,1-2H3,(H,16,18). The molecule has 8 heteroatoms. The van der Waals surface area contributed by atoms with Crippen LogP contribution in [0.3, 0.4) is 0 Å². The van der Waals surface area contributed by atoms with Gasteiger partial charge in [0.1, 0.15) is 0 Å². The number of sulfonamides is 1. The highest BCUT2D eigenvalue weighted by molar-refractivity contribution is 7.89. The van der Waals surface area contributed by atoms with Crippen LogP contribution in [0, 0.1) is 5.92 Å². The van der Waals surface area contributed by atoms with E-state index in [4.69, 9.17) is 0 Å². The Labute approximate surface area is 129 Å². The van der Waals surface area contributed by atoms with Crippen LogP contribution >= 0.6 is 0 Å². The Hall–Kier alpha value is -1.93. The molecule has 2 rings (SSSR count). The first-order chi connectivity index (χ1) is 10.3. The van der Waals surface area contributed by atoms with Crippen molar-refractivity contribution in [3.63, 3.8) is 0 Å². The van der Waals surface area contributed by atoms with Crippen molar-refractivity contribution in [2.75, 3.05) is 25.5 Å². The molecule has 0 aliphatic carbocycles. The van der Waals surface area contributed by atoms with Gasteiger partial charge in [-0.3, -0.25) is 9.59 Å². The van der Waals surface area contributed by atoms with E-state index in [0.717, 1.165) is 0 Å². The van der Waals surface area contributed by atoms with Crippen LogP contribution < -0.4 is 10.0 Å². The smallest absolute Gasteiger partial charge is 0.240 e. The molecule has 0 saturated carbocycles. The van der Waals surface area contributed by atoms with Gasteiger partial charge in [0, 0.05) is 39.2 Å². The summed E-state index contributed by atoms with van der Waals surface area (Å²) in [5, 5.41) is 2.57. The minimum Gasteiger partial charge on any atom is -0.345 e. The maximum Gasteiger partial charge on any atom is 0.240 e. The van der Waals surface area contributed by atoms with E-state index in [2.05, 4.69) is 10.0 Å². The summed E-state index contributed by atoms with van der Waals surface area (Å²) >= 11 is 0. The van der Waals surface area contributed by atoms with Crippen LogP contribution in [0.4, 0.5) is 5.69 Å². The zero-order chi connectivity index (χ0) is 16.3.